The predicted octanol–water partition coefficient (Wildman–Crippen LogP) is 4.95. The van der Waals surface area contributed by atoms with E-state index in [-0.39, 0.29) is 11.7 Å². The molecule has 1 amide bonds. The molecule has 0 atom stereocenters. The average Bonchev–Trinajstić information content (AvgIpc) is 3.15. The standard InChI is InChI=1S/C21H15BrN4O/c22-16-10-7-11-17(14-16)23-21(27)19-24-20(15-8-3-1-4-9-15)26(25-19)18-12-5-2-6-13-18/h1-14H,(H,23,27). The molecule has 0 fully saturated rings. The maximum Gasteiger partial charge on any atom is 0.295 e. The van der Waals surface area contributed by atoms with Crippen molar-refractivity contribution in [3.8, 4) is 17.1 Å². The lowest BCUT2D eigenvalue weighted by molar-refractivity contribution is 0.101. The molecule has 0 radical (unpaired) electrons. The Labute approximate surface area is 164 Å². The van der Waals surface area contributed by atoms with Gasteiger partial charge in [-0.2, -0.15) is 0 Å². The quantitative estimate of drug-likeness (QED) is 0.509. The van der Waals surface area contributed by atoms with Crippen LogP contribution in [-0.2, 0) is 0 Å². The van der Waals surface area contributed by atoms with E-state index in [1.54, 1.807) is 4.68 Å². The van der Waals surface area contributed by atoms with Crippen LogP contribution in [0.5, 0.6) is 0 Å². The van der Waals surface area contributed by atoms with Gasteiger partial charge in [0.05, 0.1) is 5.69 Å². The summed E-state index contributed by atoms with van der Waals surface area (Å²) in [7, 11) is 0. The Hall–Kier alpha value is -3.25. The summed E-state index contributed by atoms with van der Waals surface area (Å²) in [5.74, 6) is 0.360. The first kappa shape index (κ1) is 17.2. The number of anilines is 1. The Morgan fingerprint density at radius 1 is 0.889 bits per heavy atom. The Balaban J connectivity index is 1.74. The zero-order valence-electron chi connectivity index (χ0n) is 14.2. The number of nitrogens with zero attached hydrogens (tertiary/aromatic N) is 3. The summed E-state index contributed by atoms with van der Waals surface area (Å²) in [6, 6.07) is 26.7. The molecule has 0 saturated carbocycles. The van der Waals surface area contributed by atoms with E-state index < -0.39 is 0 Å². The van der Waals surface area contributed by atoms with E-state index in [1.807, 2.05) is 84.9 Å². The van der Waals surface area contributed by atoms with Crippen LogP contribution in [0.3, 0.4) is 0 Å². The van der Waals surface area contributed by atoms with E-state index in [0.717, 1.165) is 15.7 Å². The molecule has 0 aliphatic carbocycles. The number of carbonyl (C=O) groups is 1. The summed E-state index contributed by atoms with van der Waals surface area (Å²) in [4.78, 5) is 17.2. The molecule has 1 N–H and O–H groups in total. The molecule has 1 aromatic heterocycles. The van der Waals surface area contributed by atoms with Crippen LogP contribution in [0, 0.1) is 0 Å². The SMILES string of the molecule is O=C(Nc1cccc(Br)c1)c1nc(-c2ccccc2)n(-c2ccccc2)n1. The van der Waals surface area contributed by atoms with Crippen LogP contribution in [-0.4, -0.2) is 20.7 Å². The number of amides is 1. The number of halogens is 1. The van der Waals surface area contributed by atoms with E-state index in [2.05, 4.69) is 31.3 Å². The number of hydrogen-bond donors (Lipinski definition) is 1. The van der Waals surface area contributed by atoms with Crippen molar-refractivity contribution in [2.45, 2.75) is 0 Å². The van der Waals surface area contributed by atoms with Gasteiger partial charge in [0.1, 0.15) is 0 Å². The minimum Gasteiger partial charge on any atom is -0.319 e. The fraction of sp³-hybridized carbons (Fsp3) is 0. The molecule has 0 spiro atoms. The monoisotopic (exact) mass is 418 g/mol. The van der Waals surface area contributed by atoms with Crippen LogP contribution < -0.4 is 5.32 Å². The van der Waals surface area contributed by atoms with Crippen molar-refractivity contribution >= 4 is 27.5 Å². The fourth-order valence-electron chi connectivity index (χ4n) is 2.68. The fourth-order valence-corrected chi connectivity index (χ4v) is 3.08. The molecular formula is C21H15BrN4O. The van der Waals surface area contributed by atoms with E-state index in [9.17, 15) is 4.79 Å². The van der Waals surface area contributed by atoms with Crippen molar-refractivity contribution in [1.29, 1.82) is 0 Å². The Morgan fingerprint density at radius 3 is 2.30 bits per heavy atom. The van der Waals surface area contributed by atoms with Crippen LogP contribution in [0.4, 0.5) is 5.69 Å². The molecule has 0 aliphatic heterocycles. The van der Waals surface area contributed by atoms with Gasteiger partial charge in [0.25, 0.3) is 5.91 Å². The highest BCUT2D eigenvalue weighted by molar-refractivity contribution is 9.10. The third-order valence-electron chi connectivity index (χ3n) is 3.93. The molecular weight excluding hydrogens is 404 g/mol. The first-order valence-electron chi connectivity index (χ1n) is 8.35. The molecule has 27 heavy (non-hydrogen) atoms. The second kappa shape index (κ2) is 7.55. The van der Waals surface area contributed by atoms with Gasteiger partial charge in [-0.25, -0.2) is 9.67 Å². The molecule has 4 rings (SSSR count). The highest BCUT2D eigenvalue weighted by Crippen LogP contribution is 2.22. The molecule has 4 aromatic rings. The van der Waals surface area contributed by atoms with Crippen molar-refractivity contribution < 1.29 is 4.79 Å². The smallest absolute Gasteiger partial charge is 0.295 e. The topological polar surface area (TPSA) is 59.8 Å². The summed E-state index contributed by atoms with van der Waals surface area (Å²) < 4.78 is 2.57. The molecule has 0 saturated heterocycles. The van der Waals surface area contributed by atoms with E-state index in [0.29, 0.717) is 11.5 Å². The largest absolute Gasteiger partial charge is 0.319 e. The zero-order valence-corrected chi connectivity index (χ0v) is 15.8. The summed E-state index contributed by atoms with van der Waals surface area (Å²) >= 11 is 3.40. The number of aromatic nitrogens is 3. The lowest BCUT2D eigenvalue weighted by Crippen LogP contribution is -2.14. The normalized spacial score (nSPS) is 10.6. The van der Waals surface area contributed by atoms with Gasteiger partial charge in [-0.1, -0.05) is 70.5 Å². The van der Waals surface area contributed by atoms with Crippen LogP contribution in [0.15, 0.2) is 89.4 Å². The van der Waals surface area contributed by atoms with Crippen molar-refractivity contribution in [3.05, 3.63) is 95.2 Å². The van der Waals surface area contributed by atoms with Gasteiger partial charge >= 0.3 is 0 Å². The lowest BCUT2D eigenvalue weighted by Gasteiger charge is -2.05. The highest BCUT2D eigenvalue weighted by Gasteiger charge is 2.18. The number of nitrogens with one attached hydrogen (secondary N) is 1. The molecule has 6 heteroatoms. The molecule has 0 bridgehead atoms. The van der Waals surface area contributed by atoms with E-state index >= 15 is 0 Å². The van der Waals surface area contributed by atoms with Crippen molar-refractivity contribution in [3.63, 3.8) is 0 Å². The summed E-state index contributed by atoms with van der Waals surface area (Å²) in [5, 5.41) is 7.29. The second-order valence-corrected chi connectivity index (χ2v) is 6.75. The number of carbonyl (C=O) groups excluding carboxylic acids is 1. The van der Waals surface area contributed by atoms with Gasteiger partial charge in [0.15, 0.2) is 5.82 Å². The second-order valence-electron chi connectivity index (χ2n) is 5.84. The maximum absolute atomic E-state index is 12.7. The van der Waals surface area contributed by atoms with Crippen LogP contribution in [0.2, 0.25) is 0 Å². The molecule has 5 nitrogen and oxygen atoms in total. The average molecular weight is 419 g/mol. The Kier molecular flexibility index (Phi) is 4.80. The summed E-state index contributed by atoms with van der Waals surface area (Å²) in [5.41, 5.74) is 2.40. The summed E-state index contributed by atoms with van der Waals surface area (Å²) in [6.45, 7) is 0. The Morgan fingerprint density at radius 2 is 1.59 bits per heavy atom. The highest BCUT2D eigenvalue weighted by atomic mass is 79.9. The van der Waals surface area contributed by atoms with E-state index in [1.165, 1.54) is 0 Å². The molecule has 3 aromatic carbocycles. The minimum atomic E-state index is -0.361. The van der Waals surface area contributed by atoms with Crippen LogP contribution in [0.25, 0.3) is 17.1 Å². The van der Waals surface area contributed by atoms with Crippen LogP contribution >= 0.6 is 15.9 Å². The van der Waals surface area contributed by atoms with E-state index in [4.69, 9.17) is 0 Å². The van der Waals surface area contributed by atoms with Gasteiger partial charge in [-0.05, 0) is 30.3 Å². The predicted molar refractivity (Wildman–Crippen MR) is 109 cm³/mol. The van der Waals surface area contributed by atoms with Gasteiger partial charge in [0, 0.05) is 15.7 Å². The number of benzene rings is 3. The first-order valence-corrected chi connectivity index (χ1v) is 9.15. The Bertz CT molecular complexity index is 1020. The first-order chi connectivity index (χ1) is 13.2. The zero-order chi connectivity index (χ0) is 18.6. The number of hydrogen-bond acceptors (Lipinski definition) is 3. The number of para-hydroxylation sites is 1. The minimum absolute atomic E-state index is 0.109. The van der Waals surface area contributed by atoms with Crippen molar-refractivity contribution in [2.24, 2.45) is 0 Å². The van der Waals surface area contributed by atoms with Crippen LogP contribution in [0.1, 0.15) is 10.6 Å². The van der Waals surface area contributed by atoms with Gasteiger partial charge in [-0.15, -0.1) is 5.10 Å². The lowest BCUT2D eigenvalue weighted by atomic mass is 10.2. The van der Waals surface area contributed by atoms with Gasteiger partial charge < -0.3 is 5.32 Å². The molecule has 0 aliphatic rings. The number of rotatable bonds is 4. The maximum atomic E-state index is 12.7. The molecule has 0 unspecified atom stereocenters. The van der Waals surface area contributed by atoms with Gasteiger partial charge in [-0.3, -0.25) is 4.79 Å². The van der Waals surface area contributed by atoms with Gasteiger partial charge in [0.2, 0.25) is 5.82 Å². The van der Waals surface area contributed by atoms with Crippen molar-refractivity contribution in [2.75, 3.05) is 5.32 Å². The summed E-state index contributed by atoms with van der Waals surface area (Å²) in [6.07, 6.45) is 0. The molecule has 1 heterocycles. The third-order valence-corrected chi connectivity index (χ3v) is 4.42. The third kappa shape index (κ3) is 3.80. The van der Waals surface area contributed by atoms with Crippen molar-refractivity contribution in [1.82, 2.24) is 14.8 Å². The molecule has 132 valence electrons.